The molecule has 2 aromatic heterocycles. The van der Waals surface area contributed by atoms with E-state index in [-0.39, 0.29) is 12.1 Å². The highest BCUT2D eigenvalue weighted by Gasteiger charge is 2.14. The normalized spacial score (nSPS) is 11.2. The number of hydrogen-bond donors (Lipinski definition) is 2. The van der Waals surface area contributed by atoms with Gasteiger partial charge in [-0.2, -0.15) is 0 Å². The fourth-order valence-electron chi connectivity index (χ4n) is 4.63. The lowest BCUT2D eigenvalue weighted by Gasteiger charge is -2.11. The standard InChI is InChI=1S/C32H31F2N7O2/c1-40(2)18-22-5-9-25(10-6-22)38-32-37-16-24-14-21(8-12-29(24)39-32)4-3-13-36-30(42)26-17-35-20-41(31(26)43)19-23-7-11-27(33)28(34)15-23/h5-12,14-17,20H,3-4,13,18-19H2,1-2H3,(H,36,42)(H,37,38,39). The molecule has 3 aromatic carbocycles. The van der Waals surface area contributed by atoms with Gasteiger partial charge in [-0.25, -0.2) is 23.7 Å². The van der Waals surface area contributed by atoms with Gasteiger partial charge in [0.25, 0.3) is 11.5 Å². The summed E-state index contributed by atoms with van der Waals surface area (Å²) in [5, 5.41) is 6.92. The maximum absolute atomic E-state index is 13.5. The van der Waals surface area contributed by atoms with Crippen LogP contribution in [-0.2, 0) is 19.5 Å². The van der Waals surface area contributed by atoms with E-state index in [0.717, 1.165) is 40.8 Å². The van der Waals surface area contributed by atoms with Gasteiger partial charge in [0, 0.05) is 36.6 Å². The van der Waals surface area contributed by atoms with Crippen molar-refractivity contribution in [1.82, 2.24) is 29.7 Å². The molecular weight excluding hydrogens is 552 g/mol. The molecule has 5 rings (SSSR count). The predicted octanol–water partition coefficient (Wildman–Crippen LogP) is 4.68. The summed E-state index contributed by atoms with van der Waals surface area (Å²) in [6.07, 6.45) is 5.58. The fraction of sp³-hybridized carbons (Fsp3) is 0.219. The molecule has 0 aliphatic carbocycles. The van der Waals surface area contributed by atoms with Crippen molar-refractivity contribution in [2.45, 2.75) is 25.9 Å². The fourth-order valence-corrected chi connectivity index (χ4v) is 4.63. The second-order valence-corrected chi connectivity index (χ2v) is 10.5. The van der Waals surface area contributed by atoms with Crippen molar-refractivity contribution >= 4 is 28.4 Å². The van der Waals surface area contributed by atoms with Crippen LogP contribution in [0.25, 0.3) is 10.9 Å². The Morgan fingerprint density at radius 2 is 1.70 bits per heavy atom. The first kappa shape index (κ1) is 29.5. The number of anilines is 2. The number of rotatable bonds is 11. The predicted molar refractivity (Wildman–Crippen MR) is 161 cm³/mol. The van der Waals surface area contributed by atoms with E-state index in [0.29, 0.717) is 30.9 Å². The SMILES string of the molecule is CN(C)Cc1ccc(Nc2ncc3cc(CCCNC(=O)c4cncn(Cc5ccc(F)c(F)c5)c4=O)ccc3n2)cc1. The van der Waals surface area contributed by atoms with Crippen molar-refractivity contribution in [3.8, 4) is 0 Å². The lowest BCUT2D eigenvalue weighted by Crippen LogP contribution is -2.34. The Labute approximate surface area is 247 Å². The Hall–Kier alpha value is -5.03. The van der Waals surface area contributed by atoms with Crippen molar-refractivity contribution in [3.05, 3.63) is 124 Å². The first-order valence-corrected chi connectivity index (χ1v) is 13.8. The minimum atomic E-state index is -1.01. The van der Waals surface area contributed by atoms with Crippen LogP contribution < -0.4 is 16.2 Å². The third-order valence-electron chi connectivity index (χ3n) is 6.76. The summed E-state index contributed by atoms with van der Waals surface area (Å²) >= 11 is 0. The molecule has 2 heterocycles. The number of nitrogens with one attached hydrogen (secondary N) is 2. The molecule has 0 fully saturated rings. The Balaban J connectivity index is 1.14. The van der Waals surface area contributed by atoms with Crippen molar-refractivity contribution in [1.29, 1.82) is 0 Å². The molecule has 0 saturated heterocycles. The zero-order valence-electron chi connectivity index (χ0n) is 23.8. The molecule has 0 unspecified atom stereocenters. The quantitative estimate of drug-likeness (QED) is 0.218. The van der Waals surface area contributed by atoms with E-state index in [9.17, 15) is 18.4 Å². The van der Waals surface area contributed by atoms with Gasteiger partial charge in [0.05, 0.1) is 18.4 Å². The van der Waals surface area contributed by atoms with E-state index >= 15 is 0 Å². The van der Waals surface area contributed by atoms with Crippen LogP contribution in [0.3, 0.4) is 0 Å². The number of benzene rings is 3. The number of hydrogen-bond acceptors (Lipinski definition) is 7. The summed E-state index contributed by atoms with van der Waals surface area (Å²) in [7, 11) is 4.07. The van der Waals surface area contributed by atoms with Gasteiger partial charge in [0.2, 0.25) is 5.95 Å². The van der Waals surface area contributed by atoms with Gasteiger partial charge in [-0.15, -0.1) is 0 Å². The van der Waals surface area contributed by atoms with Gasteiger partial charge in [-0.1, -0.05) is 24.3 Å². The maximum atomic E-state index is 13.5. The monoisotopic (exact) mass is 583 g/mol. The molecule has 0 aliphatic rings. The topological polar surface area (TPSA) is 105 Å². The van der Waals surface area contributed by atoms with Crippen LogP contribution in [0.15, 0.2) is 84.2 Å². The minimum Gasteiger partial charge on any atom is -0.352 e. The summed E-state index contributed by atoms with van der Waals surface area (Å²) in [4.78, 5) is 40.6. The van der Waals surface area contributed by atoms with Crippen LogP contribution in [0.2, 0.25) is 0 Å². The van der Waals surface area contributed by atoms with Crippen molar-refractivity contribution in [2.75, 3.05) is 26.0 Å². The van der Waals surface area contributed by atoms with E-state index in [2.05, 4.69) is 42.6 Å². The maximum Gasteiger partial charge on any atom is 0.266 e. The van der Waals surface area contributed by atoms with Crippen LogP contribution in [0, 0.1) is 11.6 Å². The van der Waals surface area contributed by atoms with Crippen molar-refractivity contribution in [2.24, 2.45) is 0 Å². The van der Waals surface area contributed by atoms with Crippen molar-refractivity contribution in [3.63, 3.8) is 0 Å². The summed E-state index contributed by atoms with van der Waals surface area (Å²) in [6, 6.07) is 17.5. The largest absolute Gasteiger partial charge is 0.352 e. The zero-order chi connectivity index (χ0) is 30.3. The molecule has 43 heavy (non-hydrogen) atoms. The minimum absolute atomic E-state index is 0.0441. The van der Waals surface area contributed by atoms with E-state index in [1.807, 2.05) is 44.4 Å². The summed E-state index contributed by atoms with van der Waals surface area (Å²) in [5.74, 6) is -2.01. The molecular formula is C32H31F2N7O2. The van der Waals surface area contributed by atoms with Crippen LogP contribution in [-0.4, -0.2) is 51.0 Å². The molecule has 0 radical (unpaired) electrons. The average Bonchev–Trinajstić information content (AvgIpc) is 2.99. The molecule has 0 spiro atoms. The molecule has 0 saturated carbocycles. The van der Waals surface area contributed by atoms with E-state index in [1.165, 1.54) is 28.7 Å². The lowest BCUT2D eigenvalue weighted by molar-refractivity contribution is 0.0950. The van der Waals surface area contributed by atoms with E-state index in [4.69, 9.17) is 0 Å². The number of halogens is 2. The third kappa shape index (κ3) is 7.63. The summed E-state index contributed by atoms with van der Waals surface area (Å²) < 4.78 is 27.9. The lowest BCUT2D eigenvalue weighted by atomic mass is 10.1. The van der Waals surface area contributed by atoms with E-state index in [1.54, 1.807) is 6.20 Å². The van der Waals surface area contributed by atoms with E-state index < -0.39 is 23.1 Å². The zero-order valence-corrected chi connectivity index (χ0v) is 23.8. The number of aromatic nitrogens is 4. The number of amides is 1. The van der Waals surface area contributed by atoms with Gasteiger partial charge in [-0.05, 0) is 80.0 Å². The molecule has 0 atom stereocenters. The highest BCUT2D eigenvalue weighted by Crippen LogP contribution is 2.19. The van der Waals surface area contributed by atoms with Crippen LogP contribution in [0.5, 0.6) is 0 Å². The molecule has 220 valence electrons. The van der Waals surface area contributed by atoms with Crippen LogP contribution in [0.4, 0.5) is 20.4 Å². The van der Waals surface area contributed by atoms with Crippen LogP contribution in [0.1, 0.15) is 33.5 Å². The number of carbonyl (C=O) groups excluding carboxylic acids is 1. The average molecular weight is 584 g/mol. The number of nitrogens with zero attached hydrogens (tertiary/aromatic N) is 5. The Morgan fingerprint density at radius 1 is 0.930 bits per heavy atom. The van der Waals surface area contributed by atoms with Gasteiger partial charge in [0.15, 0.2) is 11.6 Å². The van der Waals surface area contributed by atoms with Crippen LogP contribution >= 0.6 is 0 Å². The summed E-state index contributed by atoms with van der Waals surface area (Å²) in [6.45, 7) is 1.18. The molecule has 0 aliphatic heterocycles. The second-order valence-electron chi connectivity index (χ2n) is 10.5. The van der Waals surface area contributed by atoms with Crippen molar-refractivity contribution < 1.29 is 13.6 Å². The number of fused-ring (bicyclic) bond motifs is 1. The Morgan fingerprint density at radius 3 is 2.47 bits per heavy atom. The van der Waals surface area contributed by atoms with Gasteiger partial charge < -0.3 is 15.5 Å². The first-order valence-electron chi connectivity index (χ1n) is 13.8. The Kier molecular flexibility index (Phi) is 9.11. The first-order chi connectivity index (χ1) is 20.7. The third-order valence-corrected chi connectivity index (χ3v) is 6.76. The Bertz CT molecular complexity index is 1810. The molecule has 1 amide bonds. The van der Waals surface area contributed by atoms with Gasteiger partial charge >= 0.3 is 0 Å². The molecule has 9 nitrogen and oxygen atoms in total. The van der Waals surface area contributed by atoms with Gasteiger partial charge in [0.1, 0.15) is 5.56 Å². The molecule has 11 heteroatoms. The summed E-state index contributed by atoms with van der Waals surface area (Å²) in [5.41, 5.74) is 3.70. The number of carbonyl (C=O) groups is 1. The highest BCUT2D eigenvalue weighted by molar-refractivity contribution is 5.93. The molecule has 2 N–H and O–H groups in total. The number of aryl methyl sites for hydroxylation is 1. The molecule has 0 bridgehead atoms. The highest BCUT2D eigenvalue weighted by atomic mass is 19.2. The van der Waals surface area contributed by atoms with Gasteiger partial charge in [-0.3, -0.25) is 14.2 Å². The smallest absolute Gasteiger partial charge is 0.266 e. The molecule has 5 aromatic rings. The second kappa shape index (κ2) is 13.3.